The molecule has 0 atom stereocenters. The second-order valence-corrected chi connectivity index (χ2v) is 5.73. The second-order valence-electron chi connectivity index (χ2n) is 5.73. The van der Waals surface area contributed by atoms with E-state index in [1.807, 2.05) is 0 Å². The molecule has 0 saturated heterocycles. The van der Waals surface area contributed by atoms with Crippen molar-refractivity contribution in [3.05, 3.63) is 51.6 Å². The van der Waals surface area contributed by atoms with E-state index in [9.17, 15) is 24.5 Å². The SMILES string of the molecule is O=C(O)CCCCN1C(=O)c2cccc3c([N+](=O)[O-])ccc(c23)C1=O. The second kappa shape index (κ2) is 6.31. The zero-order valence-corrected chi connectivity index (χ0v) is 13.1. The van der Waals surface area contributed by atoms with E-state index in [1.54, 1.807) is 6.07 Å². The minimum Gasteiger partial charge on any atom is -0.481 e. The molecule has 0 aromatic heterocycles. The molecule has 0 radical (unpaired) electrons. The van der Waals surface area contributed by atoms with Crippen molar-refractivity contribution in [2.45, 2.75) is 19.3 Å². The van der Waals surface area contributed by atoms with Gasteiger partial charge in [-0.25, -0.2) is 0 Å². The highest BCUT2D eigenvalue weighted by atomic mass is 16.6. The van der Waals surface area contributed by atoms with E-state index in [2.05, 4.69) is 0 Å². The van der Waals surface area contributed by atoms with Gasteiger partial charge in [-0.15, -0.1) is 0 Å². The van der Waals surface area contributed by atoms with Gasteiger partial charge in [0.05, 0.1) is 10.3 Å². The molecule has 2 aromatic carbocycles. The number of rotatable bonds is 6. The first kappa shape index (κ1) is 16.6. The van der Waals surface area contributed by atoms with Crippen molar-refractivity contribution in [3.8, 4) is 0 Å². The molecule has 8 nitrogen and oxygen atoms in total. The van der Waals surface area contributed by atoms with Gasteiger partial charge in [-0.05, 0) is 31.0 Å². The number of hydrogen-bond donors (Lipinski definition) is 1. The predicted octanol–water partition coefficient (Wildman–Crippen LogP) is 2.60. The van der Waals surface area contributed by atoms with Crippen molar-refractivity contribution >= 4 is 34.2 Å². The molecule has 8 heteroatoms. The molecule has 0 fully saturated rings. The smallest absolute Gasteiger partial charge is 0.303 e. The van der Waals surface area contributed by atoms with Crippen molar-refractivity contribution in [3.63, 3.8) is 0 Å². The number of non-ortho nitro benzene ring substituents is 1. The molecule has 0 unspecified atom stereocenters. The molecule has 2 aromatic rings. The maximum Gasteiger partial charge on any atom is 0.303 e. The summed E-state index contributed by atoms with van der Waals surface area (Å²) >= 11 is 0. The largest absolute Gasteiger partial charge is 0.481 e. The monoisotopic (exact) mass is 342 g/mol. The Morgan fingerprint density at radius 3 is 2.40 bits per heavy atom. The standard InChI is InChI=1S/C17H14N2O6/c20-14(21)6-1-2-9-18-16(22)11-5-3-4-10-13(19(24)25)8-7-12(15(10)11)17(18)23/h3-5,7-8H,1-2,6,9H2,(H,20,21). The Labute approximate surface area is 141 Å². The lowest BCUT2D eigenvalue weighted by atomic mass is 9.93. The number of nitrogens with zero attached hydrogens (tertiary/aromatic N) is 2. The van der Waals surface area contributed by atoms with Gasteiger partial charge in [0, 0.05) is 35.5 Å². The number of carboxylic acid groups (broad SMARTS) is 1. The summed E-state index contributed by atoms with van der Waals surface area (Å²) in [7, 11) is 0. The van der Waals surface area contributed by atoms with Crippen LogP contribution in [0.15, 0.2) is 30.3 Å². The van der Waals surface area contributed by atoms with E-state index in [4.69, 9.17) is 5.11 Å². The van der Waals surface area contributed by atoms with Crippen molar-refractivity contribution in [1.82, 2.24) is 4.90 Å². The maximum absolute atomic E-state index is 12.6. The maximum atomic E-state index is 12.6. The Balaban J connectivity index is 1.99. The quantitative estimate of drug-likeness (QED) is 0.373. The number of unbranched alkanes of at least 4 members (excludes halogenated alkanes) is 1. The number of amides is 2. The first-order valence-corrected chi connectivity index (χ1v) is 7.70. The summed E-state index contributed by atoms with van der Waals surface area (Å²) in [5, 5.41) is 20.4. The normalized spacial score (nSPS) is 13.4. The fourth-order valence-corrected chi connectivity index (χ4v) is 3.04. The van der Waals surface area contributed by atoms with Gasteiger partial charge in [0.15, 0.2) is 0 Å². The minimum atomic E-state index is -0.932. The number of imide groups is 1. The molecule has 1 aliphatic heterocycles. The Morgan fingerprint density at radius 1 is 1.08 bits per heavy atom. The molecular formula is C17H14N2O6. The predicted molar refractivity (Wildman–Crippen MR) is 87.5 cm³/mol. The average molecular weight is 342 g/mol. The van der Waals surface area contributed by atoms with Crippen LogP contribution in [0.3, 0.4) is 0 Å². The topological polar surface area (TPSA) is 118 Å². The molecule has 1 heterocycles. The molecule has 2 amide bonds. The van der Waals surface area contributed by atoms with Gasteiger partial charge < -0.3 is 5.11 Å². The molecule has 0 saturated carbocycles. The van der Waals surface area contributed by atoms with Gasteiger partial charge in [0.25, 0.3) is 17.5 Å². The van der Waals surface area contributed by atoms with Crippen LogP contribution in [-0.2, 0) is 4.79 Å². The molecule has 1 N–H and O–H groups in total. The number of aliphatic carboxylic acids is 1. The lowest BCUT2D eigenvalue weighted by Gasteiger charge is -2.27. The summed E-state index contributed by atoms with van der Waals surface area (Å²) in [6, 6.07) is 7.23. The van der Waals surface area contributed by atoms with E-state index in [1.165, 1.54) is 24.3 Å². The molecule has 0 bridgehead atoms. The lowest BCUT2D eigenvalue weighted by molar-refractivity contribution is -0.383. The van der Waals surface area contributed by atoms with Gasteiger partial charge >= 0.3 is 5.97 Å². The highest BCUT2D eigenvalue weighted by Gasteiger charge is 2.34. The minimum absolute atomic E-state index is 0.0331. The average Bonchev–Trinajstić information content (AvgIpc) is 2.57. The summed E-state index contributed by atoms with van der Waals surface area (Å²) in [5.74, 6) is -1.96. The first-order chi connectivity index (χ1) is 11.9. The fraction of sp³-hybridized carbons (Fsp3) is 0.235. The molecular weight excluding hydrogens is 328 g/mol. The zero-order valence-electron chi connectivity index (χ0n) is 13.1. The Hall–Kier alpha value is -3.29. The van der Waals surface area contributed by atoms with Crippen LogP contribution in [0.25, 0.3) is 10.8 Å². The molecule has 1 aliphatic rings. The third kappa shape index (κ3) is 2.82. The van der Waals surface area contributed by atoms with E-state index in [-0.39, 0.29) is 35.2 Å². The van der Waals surface area contributed by atoms with Gasteiger partial charge in [-0.2, -0.15) is 0 Å². The highest BCUT2D eigenvalue weighted by Crippen LogP contribution is 2.35. The fourth-order valence-electron chi connectivity index (χ4n) is 3.04. The number of carbonyl (C=O) groups is 3. The van der Waals surface area contributed by atoms with Crippen LogP contribution in [0.4, 0.5) is 5.69 Å². The molecule has 128 valence electrons. The van der Waals surface area contributed by atoms with Crippen molar-refractivity contribution in [2.75, 3.05) is 6.54 Å². The van der Waals surface area contributed by atoms with Crippen LogP contribution in [-0.4, -0.2) is 39.3 Å². The molecule has 25 heavy (non-hydrogen) atoms. The molecule has 3 rings (SSSR count). The van der Waals surface area contributed by atoms with Crippen LogP contribution in [0.2, 0.25) is 0 Å². The van der Waals surface area contributed by atoms with E-state index in [0.717, 1.165) is 4.90 Å². The molecule has 0 spiro atoms. The van der Waals surface area contributed by atoms with Crippen LogP contribution in [0.5, 0.6) is 0 Å². The summed E-state index contributed by atoms with van der Waals surface area (Å²) in [6.45, 7) is 0.109. The Morgan fingerprint density at radius 2 is 1.76 bits per heavy atom. The summed E-state index contributed by atoms with van der Waals surface area (Å²) < 4.78 is 0. The van der Waals surface area contributed by atoms with Gasteiger partial charge in [0.2, 0.25) is 0 Å². The summed E-state index contributed by atoms with van der Waals surface area (Å²) in [4.78, 5) is 47.5. The molecule has 0 aliphatic carbocycles. The highest BCUT2D eigenvalue weighted by molar-refractivity contribution is 6.26. The van der Waals surface area contributed by atoms with E-state index in [0.29, 0.717) is 18.2 Å². The Kier molecular flexibility index (Phi) is 4.18. The number of nitro benzene ring substituents is 1. The first-order valence-electron chi connectivity index (χ1n) is 7.70. The number of nitro groups is 1. The van der Waals surface area contributed by atoms with E-state index >= 15 is 0 Å². The third-order valence-corrected chi connectivity index (χ3v) is 4.19. The van der Waals surface area contributed by atoms with Gasteiger partial charge in [-0.1, -0.05) is 6.07 Å². The van der Waals surface area contributed by atoms with Crippen LogP contribution < -0.4 is 0 Å². The van der Waals surface area contributed by atoms with Crippen molar-refractivity contribution < 1.29 is 24.4 Å². The van der Waals surface area contributed by atoms with Crippen molar-refractivity contribution in [2.24, 2.45) is 0 Å². The zero-order chi connectivity index (χ0) is 18.1. The number of hydrogen-bond acceptors (Lipinski definition) is 5. The van der Waals surface area contributed by atoms with Crippen molar-refractivity contribution in [1.29, 1.82) is 0 Å². The summed E-state index contributed by atoms with van der Waals surface area (Å²) in [5.41, 5.74) is 0.333. The Bertz CT molecular complexity index is 898. The number of carbonyl (C=O) groups excluding carboxylic acids is 2. The van der Waals surface area contributed by atoms with Crippen LogP contribution >= 0.6 is 0 Å². The third-order valence-electron chi connectivity index (χ3n) is 4.19. The van der Waals surface area contributed by atoms with Gasteiger partial charge in [-0.3, -0.25) is 29.4 Å². The lowest BCUT2D eigenvalue weighted by Crippen LogP contribution is -2.40. The van der Waals surface area contributed by atoms with Crippen LogP contribution in [0, 0.1) is 10.1 Å². The van der Waals surface area contributed by atoms with Crippen LogP contribution in [0.1, 0.15) is 40.0 Å². The number of carboxylic acids is 1. The summed E-state index contributed by atoms with van der Waals surface area (Å²) in [6.07, 6.45) is 0.695. The van der Waals surface area contributed by atoms with Gasteiger partial charge in [0.1, 0.15) is 0 Å². The van der Waals surface area contributed by atoms with E-state index < -0.39 is 22.7 Å². The number of benzene rings is 2.